The molecule has 5 heterocycles. The fourth-order valence-electron chi connectivity index (χ4n) is 16.3. The van der Waals surface area contributed by atoms with Gasteiger partial charge in [0, 0.05) is 82.5 Å². The molecule has 0 saturated carbocycles. The minimum Gasteiger partial charge on any atom is -0.309 e. The summed E-state index contributed by atoms with van der Waals surface area (Å²) in [4.78, 5) is 5.57. The van der Waals surface area contributed by atoms with Gasteiger partial charge in [-0.15, -0.1) is 11.3 Å². The molecule has 5 aromatic heterocycles. The Hall–Kier alpha value is -12.3. The Balaban J connectivity index is 0.923. The fourth-order valence-corrected chi connectivity index (χ4v) is 17.3. The Morgan fingerprint density at radius 3 is 0.870 bits per heavy atom. The number of benzene rings is 14. The molecule has 0 aliphatic carbocycles. The average Bonchev–Trinajstić information content (AvgIpc) is 1.43. The van der Waals surface area contributed by atoms with Crippen molar-refractivity contribution in [1.82, 2.24) is 23.3 Å². The van der Waals surface area contributed by atoms with Gasteiger partial charge in [0.15, 0.2) is 0 Å². The molecule has 0 aliphatic rings. The van der Waals surface area contributed by atoms with E-state index in [0.717, 1.165) is 132 Å². The van der Waals surface area contributed by atoms with Gasteiger partial charge in [-0.1, -0.05) is 160 Å². The normalized spacial score (nSPS) is 11.9. The van der Waals surface area contributed by atoms with E-state index in [9.17, 15) is 5.26 Å². The first-order valence-corrected chi connectivity index (χ1v) is 35.2. The molecule has 6 nitrogen and oxygen atoms in total. The lowest BCUT2D eigenvalue weighted by molar-refractivity contribution is 1.18. The third-order valence-electron chi connectivity index (χ3n) is 20.8. The number of rotatable bonds is 9. The van der Waals surface area contributed by atoms with Crippen LogP contribution in [0, 0.1) is 59.8 Å². The van der Waals surface area contributed by atoms with Gasteiger partial charge in [-0.3, -0.25) is 0 Å². The number of para-hydroxylation sites is 2. The van der Waals surface area contributed by atoms with Crippen molar-refractivity contribution >= 4 is 109 Å². The number of fused-ring (bicyclic) bond motifs is 13. The van der Waals surface area contributed by atoms with Crippen molar-refractivity contribution in [3.8, 4) is 83.9 Å². The Labute approximate surface area is 583 Å². The van der Waals surface area contributed by atoms with Crippen LogP contribution in [0.25, 0.3) is 175 Å². The molecule has 0 fully saturated rings. The number of thiazole rings is 1. The van der Waals surface area contributed by atoms with E-state index in [4.69, 9.17) is 4.98 Å². The van der Waals surface area contributed by atoms with Gasteiger partial charge in [-0.05, 0) is 234 Å². The summed E-state index contributed by atoms with van der Waals surface area (Å²) < 4.78 is 10.6. The van der Waals surface area contributed by atoms with Crippen molar-refractivity contribution in [2.75, 3.05) is 0 Å². The summed E-state index contributed by atoms with van der Waals surface area (Å²) in [6, 6.07) is 104. The van der Waals surface area contributed by atoms with Crippen LogP contribution in [0.4, 0.5) is 0 Å². The second kappa shape index (κ2) is 22.6. The van der Waals surface area contributed by atoms with Crippen LogP contribution in [0.15, 0.2) is 273 Å². The standard InChI is InChI=1S/C93H66N6S/c1-54-16-39-80-70(46-54)69-12-8-10-14-79(69)96(80)65-31-23-61(24-32-65)88-77(53-94)92(93-95-78-13-9-11-15-87(78)100-93)91(64-29-37-68(38-30-64)99-85-44-21-59(6)51-75(85)76-52-60(7)22-45-86(76)99)90(63-27-35-67(36-28-63)98-83-42-19-57(4)49-73(83)74-50-58(5)20-43-84(74)98)89(88)62-25-33-66(34-26-62)97-81-40-17-55(2)47-71(81)72-48-56(3)18-41-82(72)97/h8-52H,1-7H3. The molecule has 0 radical (unpaired) electrons. The lowest BCUT2D eigenvalue weighted by Gasteiger charge is -2.26. The van der Waals surface area contributed by atoms with Crippen molar-refractivity contribution in [2.45, 2.75) is 48.5 Å². The van der Waals surface area contributed by atoms with E-state index < -0.39 is 0 Å². The number of aromatic nitrogens is 5. The summed E-state index contributed by atoms with van der Waals surface area (Å²) >= 11 is 1.64. The van der Waals surface area contributed by atoms with Gasteiger partial charge in [0.05, 0.1) is 59.9 Å². The number of nitriles is 1. The van der Waals surface area contributed by atoms with Crippen LogP contribution in [-0.2, 0) is 0 Å². The van der Waals surface area contributed by atoms with Gasteiger partial charge < -0.3 is 18.3 Å². The predicted molar refractivity (Wildman–Crippen MR) is 422 cm³/mol. The number of nitrogens with zero attached hydrogens (tertiary/aromatic N) is 6. The molecule has 0 atom stereocenters. The van der Waals surface area contributed by atoms with E-state index in [0.29, 0.717) is 5.56 Å². The van der Waals surface area contributed by atoms with Crippen LogP contribution in [0.3, 0.4) is 0 Å². The molecule has 0 N–H and O–H groups in total. The fraction of sp³-hybridized carbons (Fsp3) is 0.0753. The Kier molecular flexibility index (Phi) is 13.3. The van der Waals surface area contributed by atoms with E-state index in [1.54, 1.807) is 11.3 Å². The highest BCUT2D eigenvalue weighted by Gasteiger charge is 2.31. The van der Waals surface area contributed by atoms with Crippen molar-refractivity contribution < 1.29 is 0 Å². The third-order valence-corrected chi connectivity index (χ3v) is 21.9. The zero-order valence-corrected chi connectivity index (χ0v) is 57.4. The third kappa shape index (κ3) is 9.18. The van der Waals surface area contributed by atoms with E-state index in [1.165, 1.54) is 82.0 Å². The second-order valence-corrected chi connectivity index (χ2v) is 28.6. The number of aryl methyl sites for hydroxylation is 7. The molecule has 0 aliphatic heterocycles. The van der Waals surface area contributed by atoms with Gasteiger partial charge in [-0.2, -0.15) is 5.26 Å². The van der Waals surface area contributed by atoms with Gasteiger partial charge in [0.2, 0.25) is 0 Å². The summed E-state index contributed by atoms with van der Waals surface area (Å²) in [5, 5.41) is 23.2. The Morgan fingerprint density at radius 1 is 0.270 bits per heavy atom. The Bertz CT molecular complexity index is 6490. The van der Waals surface area contributed by atoms with Crippen LogP contribution < -0.4 is 0 Å². The Morgan fingerprint density at radius 2 is 0.540 bits per heavy atom. The van der Waals surface area contributed by atoms with Crippen LogP contribution in [-0.4, -0.2) is 23.3 Å². The maximum absolute atomic E-state index is 12.6. The molecule has 0 spiro atoms. The molecular formula is C93H66N6S. The minimum absolute atomic E-state index is 0.551. The summed E-state index contributed by atoms with van der Waals surface area (Å²) in [7, 11) is 0. The lowest BCUT2D eigenvalue weighted by Crippen LogP contribution is -2.03. The highest BCUT2D eigenvalue weighted by Crippen LogP contribution is 2.55. The van der Waals surface area contributed by atoms with Gasteiger partial charge >= 0.3 is 0 Å². The first-order chi connectivity index (χ1) is 48.9. The molecule has 19 rings (SSSR count). The highest BCUT2D eigenvalue weighted by molar-refractivity contribution is 7.21. The van der Waals surface area contributed by atoms with Crippen molar-refractivity contribution in [3.63, 3.8) is 0 Å². The van der Waals surface area contributed by atoms with Crippen molar-refractivity contribution in [1.29, 1.82) is 5.26 Å². The van der Waals surface area contributed by atoms with E-state index in [1.807, 2.05) is 0 Å². The average molecular weight is 1300 g/mol. The summed E-state index contributed by atoms with van der Waals surface area (Å²) in [5.41, 5.74) is 31.7. The van der Waals surface area contributed by atoms with Crippen LogP contribution in [0.2, 0.25) is 0 Å². The summed E-state index contributed by atoms with van der Waals surface area (Å²) in [6.07, 6.45) is 0. The molecule has 7 heteroatoms. The molecule has 0 saturated heterocycles. The summed E-state index contributed by atoms with van der Waals surface area (Å²) in [6.45, 7) is 15.2. The highest BCUT2D eigenvalue weighted by atomic mass is 32.1. The van der Waals surface area contributed by atoms with Crippen molar-refractivity contribution in [3.05, 3.63) is 317 Å². The van der Waals surface area contributed by atoms with Gasteiger partial charge in [-0.25, -0.2) is 4.98 Å². The first kappa shape index (κ1) is 59.0. The van der Waals surface area contributed by atoms with Gasteiger partial charge in [0.25, 0.3) is 0 Å². The van der Waals surface area contributed by atoms with E-state index >= 15 is 0 Å². The minimum atomic E-state index is 0.551. The molecule has 474 valence electrons. The molecule has 100 heavy (non-hydrogen) atoms. The van der Waals surface area contributed by atoms with Gasteiger partial charge in [0.1, 0.15) is 11.1 Å². The first-order valence-electron chi connectivity index (χ1n) is 34.4. The largest absolute Gasteiger partial charge is 0.309 e. The number of hydrogen-bond acceptors (Lipinski definition) is 3. The molecule has 14 aromatic carbocycles. The topological polar surface area (TPSA) is 56.4 Å². The summed E-state index contributed by atoms with van der Waals surface area (Å²) in [5.74, 6) is 0. The monoisotopic (exact) mass is 1300 g/mol. The van der Waals surface area contributed by atoms with Crippen molar-refractivity contribution in [2.24, 2.45) is 0 Å². The molecule has 0 amide bonds. The predicted octanol–water partition coefficient (Wildman–Crippen LogP) is 25.1. The van der Waals surface area contributed by atoms with E-state index in [-0.39, 0.29) is 0 Å². The lowest BCUT2D eigenvalue weighted by atomic mass is 9.77. The maximum Gasteiger partial charge on any atom is 0.126 e. The van der Waals surface area contributed by atoms with Crippen LogP contribution in [0.5, 0.6) is 0 Å². The smallest absolute Gasteiger partial charge is 0.126 e. The van der Waals surface area contributed by atoms with Crippen LogP contribution in [0.1, 0.15) is 44.5 Å². The molecule has 0 unspecified atom stereocenters. The second-order valence-electron chi connectivity index (χ2n) is 27.5. The maximum atomic E-state index is 12.6. The molecular weight excluding hydrogens is 1230 g/mol. The molecule has 0 bridgehead atoms. The van der Waals surface area contributed by atoms with E-state index in [2.05, 4.69) is 346 Å². The molecule has 19 aromatic rings. The number of hydrogen-bond donors (Lipinski definition) is 0. The zero-order chi connectivity index (χ0) is 67.3. The quantitative estimate of drug-likeness (QED) is 0.145. The van der Waals surface area contributed by atoms with Crippen LogP contribution >= 0.6 is 11.3 Å². The SMILES string of the molecule is Cc1ccc2c(c1)c1ccccc1n2-c1ccc(-c2c(C#N)c(-c3nc4ccccc4s3)c(-c3ccc(-n4c5ccc(C)cc5c5cc(C)ccc54)cc3)c(-c3ccc(-n4c5ccc(C)cc5c5cc(C)ccc54)cc3)c2-c2ccc(-n3c4ccc(C)cc4c4cc(C)ccc43)cc2)cc1. The zero-order valence-electron chi connectivity index (χ0n) is 56.6.